The zero-order valence-electron chi connectivity index (χ0n) is 13.1. The quantitative estimate of drug-likeness (QED) is 0.783. The molecule has 0 spiro atoms. The summed E-state index contributed by atoms with van der Waals surface area (Å²) in [6, 6.07) is 0.767. The monoisotopic (exact) mass is 294 g/mol. The van der Waals surface area contributed by atoms with Gasteiger partial charge in [-0.25, -0.2) is 0 Å². The van der Waals surface area contributed by atoms with E-state index in [0.717, 1.165) is 38.8 Å². The molecule has 1 saturated heterocycles. The molecule has 2 N–H and O–H groups in total. The number of amides is 1. The smallest absolute Gasteiger partial charge is 0.223 e. The predicted molar refractivity (Wildman–Crippen MR) is 83.0 cm³/mol. The minimum absolute atomic E-state index is 0.163. The van der Waals surface area contributed by atoms with E-state index >= 15 is 0 Å². The van der Waals surface area contributed by atoms with Crippen LogP contribution < -0.4 is 5.32 Å². The van der Waals surface area contributed by atoms with Crippen molar-refractivity contribution in [3.8, 4) is 0 Å². The van der Waals surface area contributed by atoms with E-state index in [1.54, 1.807) is 0 Å². The molecule has 1 amide bonds. The highest BCUT2D eigenvalue weighted by molar-refractivity contribution is 5.79. The number of nitrogens with zero attached hydrogens (tertiary/aromatic N) is 1. The van der Waals surface area contributed by atoms with Crippen LogP contribution in [0.3, 0.4) is 0 Å². The van der Waals surface area contributed by atoms with Gasteiger partial charge in [0, 0.05) is 31.1 Å². The third-order valence-corrected chi connectivity index (χ3v) is 5.70. The van der Waals surface area contributed by atoms with Crippen LogP contribution in [-0.4, -0.2) is 47.2 Å². The van der Waals surface area contributed by atoms with Gasteiger partial charge >= 0.3 is 0 Å². The highest BCUT2D eigenvalue weighted by atomic mass is 16.3. The molecule has 3 fully saturated rings. The average molecular weight is 294 g/mol. The number of hydrogen-bond donors (Lipinski definition) is 2. The fourth-order valence-electron chi connectivity index (χ4n) is 4.46. The molecule has 120 valence electrons. The van der Waals surface area contributed by atoms with Crippen LogP contribution in [0, 0.1) is 5.92 Å². The first-order valence-corrected chi connectivity index (χ1v) is 8.96. The zero-order valence-corrected chi connectivity index (χ0v) is 13.1. The van der Waals surface area contributed by atoms with Crippen molar-refractivity contribution in [3.05, 3.63) is 0 Å². The van der Waals surface area contributed by atoms with E-state index in [-0.39, 0.29) is 12.0 Å². The first-order chi connectivity index (χ1) is 10.2. The van der Waals surface area contributed by atoms with Crippen LogP contribution in [0.2, 0.25) is 0 Å². The molecule has 4 nitrogen and oxygen atoms in total. The Bertz CT molecular complexity index is 353. The lowest BCUT2D eigenvalue weighted by Gasteiger charge is -2.30. The van der Waals surface area contributed by atoms with Crippen LogP contribution >= 0.6 is 0 Å². The summed E-state index contributed by atoms with van der Waals surface area (Å²) >= 11 is 0. The van der Waals surface area contributed by atoms with E-state index in [1.807, 2.05) is 0 Å². The Kier molecular flexibility index (Phi) is 5.17. The highest BCUT2D eigenvalue weighted by Crippen LogP contribution is 2.29. The summed E-state index contributed by atoms with van der Waals surface area (Å²) in [5.41, 5.74) is 0. The van der Waals surface area contributed by atoms with Crippen LogP contribution in [0.4, 0.5) is 0 Å². The highest BCUT2D eigenvalue weighted by Gasteiger charge is 2.37. The van der Waals surface area contributed by atoms with Gasteiger partial charge in [0.1, 0.15) is 0 Å². The van der Waals surface area contributed by atoms with Crippen molar-refractivity contribution in [2.24, 2.45) is 5.92 Å². The first-order valence-electron chi connectivity index (χ1n) is 8.96. The fraction of sp³-hybridized carbons (Fsp3) is 0.941. The summed E-state index contributed by atoms with van der Waals surface area (Å²) in [5, 5.41) is 13.1. The Morgan fingerprint density at radius 3 is 2.38 bits per heavy atom. The van der Waals surface area contributed by atoms with Crippen molar-refractivity contribution in [1.82, 2.24) is 10.2 Å². The first kappa shape index (κ1) is 15.3. The third kappa shape index (κ3) is 3.78. The van der Waals surface area contributed by atoms with Crippen molar-refractivity contribution in [1.29, 1.82) is 0 Å². The van der Waals surface area contributed by atoms with E-state index in [1.165, 1.54) is 38.5 Å². The normalized spacial score (nSPS) is 35.8. The Morgan fingerprint density at radius 1 is 0.952 bits per heavy atom. The van der Waals surface area contributed by atoms with Gasteiger partial charge in [-0.05, 0) is 38.5 Å². The van der Waals surface area contributed by atoms with Gasteiger partial charge in [0.25, 0.3) is 0 Å². The molecule has 3 aliphatic rings. The molecule has 4 heteroatoms. The summed E-state index contributed by atoms with van der Waals surface area (Å²) in [5.74, 6) is 0.548. The lowest BCUT2D eigenvalue weighted by Crippen LogP contribution is -2.49. The fourth-order valence-corrected chi connectivity index (χ4v) is 4.46. The number of aliphatic hydroxyl groups excluding tert-OH is 1. The van der Waals surface area contributed by atoms with Crippen LogP contribution in [0.5, 0.6) is 0 Å². The van der Waals surface area contributed by atoms with Crippen molar-refractivity contribution in [2.75, 3.05) is 13.1 Å². The summed E-state index contributed by atoms with van der Waals surface area (Å²) in [6.45, 7) is 1.78. The SMILES string of the molecule is O=C(N[C@@H]1CCC[C@@H]1N1CCC(O)C1)C1CCCCCC1. The van der Waals surface area contributed by atoms with Crippen LogP contribution in [-0.2, 0) is 4.79 Å². The second kappa shape index (κ2) is 7.10. The lowest BCUT2D eigenvalue weighted by atomic mass is 9.98. The van der Waals surface area contributed by atoms with Crippen LogP contribution in [0.25, 0.3) is 0 Å². The molecule has 2 saturated carbocycles. The molecule has 3 rings (SSSR count). The second-order valence-corrected chi connectivity index (χ2v) is 7.24. The molecule has 1 aliphatic heterocycles. The van der Waals surface area contributed by atoms with Crippen LogP contribution in [0.1, 0.15) is 64.2 Å². The standard InChI is InChI=1S/C17H30N2O2/c20-14-10-11-19(12-14)16-9-5-8-15(16)18-17(21)13-6-3-1-2-4-7-13/h13-16,20H,1-12H2,(H,18,21)/t14?,15-,16+/m1/s1. The summed E-state index contributed by atoms with van der Waals surface area (Å²) in [6.07, 6.45) is 11.4. The van der Waals surface area contributed by atoms with Crippen molar-refractivity contribution < 1.29 is 9.90 Å². The van der Waals surface area contributed by atoms with Gasteiger partial charge in [0.05, 0.1) is 6.10 Å². The summed E-state index contributed by atoms with van der Waals surface area (Å²) < 4.78 is 0. The number of carbonyl (C=O) groups is 1. The van der Waals surface area contributed by atoms with Crippen molar-refractivity contribution >= 4 is 5.91 Å². The zero-order chi connectivity index (χ0) is 14.7. The minimum atomic E-state index is -0.163. The molecule has 0 radical (unpaired) electrons. The molecule has 2 aliphatic carbocycles. The molecule has 0 aromatic carbocycles. The number of likely N-dealkylation sites (tertiary alicyclic amines) is 1. The molecule has 1 unspecified atom stereocenters. The molecular formula is C17H30N2O2. The topological polar surface area (TPSA) is 52.6 Å². The molecule has 21 heavy (non-hydrogen) atoms. The van der Waals surface area contributed by atoms with Gasteiger partial charge in [-0.15, -0.1) is 0 Å². The van der Waals surface area contributed by atoms with Gasteiger partial charge in [0.15, 0.2) is 0 Å². The van der Waals surface area contributed by atoms with Gasteiger partial charge in [0.2, 0.25) is 5.91 Å². The Balaban J connectivity index is 1.54. The molecule has 3 atom stereocenters. The number of rotatable bonds is 3. The summed E-state index contributed by atoms with van der Waals surface area (Å²) in [7, 11) is 0. The van der Waals surface area contributed by atoms with Crippen LogP contribution in [0.15, 0.2) is 0 Å². The number of aliphatic hydroxyl groups is 1. The van der Waals surface area contributed by atoms with Crippen molar-refractivity contribution in [3.63, 3.8) is 0 Å². The van der Waals surface area contributed by atoms with Gasteiger partial charge < -0.3 is 10.4 Å². The number of hydrogen-bond acceptors (Lipinski definition) is 3. The minimum Gasteiger partial charge on any atom is -0.392 e. The van der Waals surface area contributed by atoms with E-state index < -0.39 is 0 Å². The third-order valence-electron chi connectivity index (χ3n) is 5.70. The molecular weight excluding hydrogens is 264 g/mol. The Hall–Kier alpha value is -0.610. The lowest BCUT2D eigenvalue weighted by molar-refractivity contribution is -0.126. The average Bonchev–Trinajstić information content (AvgIpc) is 2.99. The maximum atomic E-state index is 12.6. The largest absolute Gasteiger partial charge is 0.392 e. The number of carbonyl (C=O) groups excluding carboxylic acids is 1. The van der Waals surface area contributed by atoms with Gasteiger partial charge in [-0.1, -0.05) is 25.7 Å². The molecule has 0 aromatic heterocycles. The summed E-state index contributed by atoms with van der Waals surface area (Å²) in [4.78, 5) is 15.0. The van der Waals surface area contributed by atoms with E-state index in [9.17, 15) is 9.90 Å². The maximum absolute atomic E-state index is 12.6. The van der Waals surface area contributed by atoms with E-state index in [0.29, 0.717) is 18.0 Å². The number of nitrogens with one attached hydrogen (secondary N) is 1. The van der Waals surface area contributed by atoms with Crippen molar-refractivity contribution in [2.45, 2.75) is 82.4 Å². The molecule has 1 heterocycles. The van der Waals surface area contributed by atoms with Gasteiger partial charge in [-0.2, -0.15) is 0 Å². The molecule has 0 aromatic rings. The van der Waals surface area contributed by atoms with E-state index in [4.69, 9.17) is 0 Å². The number of β-amino-alcohol motifs (C(OH)–C–C–N with tert-alkyl or cyclic N) is 1. The Labute approximate surface area is 128 Å². The molecule has 0 bridgehead atoms. The van der Waals surface area contributed by atoms with E-state index in [2.05, 4.69) is 10.2 Å². The Morgan fingerprint density at radius 2 is 1.71 bits per heavy atom. The maximum Gasteiger partial charge on any atom is 0.223 e. The second-order valence-electron chi connectivity index (χ2n) is 7.24. The van der Waals surface area contributed by atoms with Gasteiger partial charge in [-0.3, -0.25) is 9.69 Å². The predicted octanol–water partition coefficient (Wildman–Crippen LogP) is 2.06.